The lowest BCUT2D eigenvalue weighted by atomic mass is 10.1. The molecule has 2 amide bonds. The van der Waals surface area contributed by atoms with Crippen LogP contribution in [-0.2, 0) is 19.5 Å². The molecule has 1 aliphatic heterocycles. The number of aromatic amines is 1. The maximum Gasteiger partial charge on any atom is 0.315 e. The Bertz CT molecular complexity index is 609. The molecule has 3 heterocycles. The molecule has 118 valence electrons. The molecule has 0 spiro atoms. The van der Waals surface area contributed by atoms with E-state index in [-0.39, 0.29) is 6.03 Å². The quantitative estimate of drug-likeness (QED) is 0.785. The second-order valence-corrected chi connectivity index (χ2v) is 6.58. The minimum atomic E-state index is -0.144. The molecule has 1 aliphatic rings. The van der Waals surface area contributed by atoms with Gasteiger partial charge < -0.3 is 10.6 Å². The number of rotatable bonds is 5. The van der Waals surface area contributed by atoms with Gasteiger partial charge >= 0.3 is 6.03 Å². The van der Waals surface area contributed by atoms with E-state index in [1.165, 1.54) is 10.4 Å². The van der Waals surface area contributed by atoms with Gasteiger partial charge in [-0.3, -0.25) is 10.00 Å². The zero-order chi connectivity index (χ0) is 15.4. The summed E-state index contributed by atoms with van der Waals surface area (Å²) in [5, 5.41) is 14.6. The molecule has 7 heteroatoms. The Balaban J connectivity index is 1.40. The number of hydrogen-bond acceptors (Lipinski definition) is 4. The van der Waals surface area contributed by atoms with Crippen molar-refractivity contribution < 1.29 is 4.79 Å². The molecule has 0 aliphatic carbocycles. The Morgan fingerprint density at radius 2 is 2.41 bits per heavy atom. The molecular weight excluding hydrogens is 298 g/mol. The Morgan fingerprint density at radius 1 is 1.50 bits per heavy atom. The molecule has 1 unspecified atom stereocenters. The van der Waals surface area contributed by atoms with Crippen LogP contribution in [0.15, 0.2) is 23.7 Å². The summed E-state index contributed by atoms with van der Waals surface area (Å²) in [6.45, 7) is 5.31. The fraction of sp³-hybridized carbons (Fsp3) is 0.467. The molecule has 2 aromatic rings. The van der Waals surface area contributed by atoms with Crippen LogP contribution in [0.5, 0.6) is 0 Å². The Morgan fingerprint density at radius 3 is 3.23 bits per heavy atom. The van der Waals surface area contributed by atoms with E-state index in [2.05, 4.69) is 44.1 Å². The fourth-order valence-electron chi connectivity index (χ4n) is 2.64. The Kier molecular flexibility index (Phi) is 4.74. The van der Waals surface area contributed by atoms with E-state index in [0.29, 0.717) is 19.1 Å². The lowest BCUT2D eigenvalue weighted by molar-refractivity contribution is 0.186. The number of nitrogens with zero attached hydrogens (tertiary/aromatic N) is 2. The molecule has 0 fully saturated rings. The van der Waals surface area contributed by atoms with E-state index in [1.807, 2.05) is 17.4 Å². The van der Waals surface area contributed by atoms with Gasteiger partial charge in [0, 0.05) is 36.8 Å². The van der Waals surface area contributed by atoms with E-state index < -0.39 is 0 Å². The summed E-state index contributed by atoms with van der Waals surface area (Å²) in [4.78, 5) is 15.7. The molecule has 0 bridgehead atoms. The van der Waals surface area contributed by atoms with Gasteiger partial charge in [0.2, 0.25) is 0 Å². The first kappa shape index (κ1) is 15.1. The predicted octanol–water partition coefficient (Wildman–Crippen LogP) is 1.72. The second-order valence-electron chi connectivity index (χ2n) is 5.58. The zero-order valence-electron chi connectivity index (χ0n) is 12.6. The third-order valence-electron chi connectivity index (χ3n) is 4.02. The number of carbonyl (C=O) groups excluding carboxylic acids is 1. The number of aromatic nitrogens is 2. The van der Waals surface area contributed by atoms with Gasteiger partial charge in [0.15, 0.2) is 0 Å². The van der Waals surface area contributed by atoms with Crippen molar-refractivity contribution in [1.82, 2.24) is 25.7 Å². The van der Waals surface area contributed by atoms with E-state index >= 15 is 0 Å². The van der Waals surface area contributed by atoms with Crippen LogP contribution < -0.4 is 10.6 Å². The maximum atomic E-state index is 11.8. The minimum absolute atomic E-state index is 0.144. The summed E-state index contributed by atoms with van der Waals surface area (Å²) in [7, 11) is 0. The molecule has 0 radical (unpaired) electrons. The van der Waals surface area contributed by atoms with E-state index in [0.717, 1.165) is 25.2 Å². The van der Waals surface area contributed by atoms with Crippen LogP contribution in [0.1, 0.15) is 23.1 Å². The first-order valence-electron chi connectivity index (χ1n) is 7.51. The summed E-state index contributed by atoms with van der Waals surface area (Å²) in [5.41, 5.74) is 2.33. The van der Waals surface area contributed by atoms with Gasteiger partial charge in [-0.1, -0.05) is 0 Å². The molecule has 0 saturated heterocycles. The number of carbonyl (C=O) groups is 1. The summed E-state index contributed by atoms with van der Waals surface area (Å²) in [6, 6.07) is 4.24. The highest BCUT2D eigenvalue weighted by atomic mass is 32.1. The normalized spacial score (nSPS) is 16.0. The monoisotopic (exact) mass is 319 g/mol. The number of thiophene rings is 1. The minimum Gasteiger partial charge on any atom is -0.337 e. The molecular formula is C15H21N5OS. The summed E-state index contributed by atoms with van der Waals surface area (Å²) >= 11 is 1.85. The molecule has 22 heavy (non-hydrogen) atoms. The largest absolute Gasteiger partial charge is 0.337 e. The van der Waals surface area contributed by atoms with Crippen LogP contribution in [0.25, 0.3) is 0 Å². The average molecular weight is 319 g/mol. The van der Waals surface area contributed by atoms with Gasteiger partial charge in [-0.2, -0.15) is 5.10 Å². The van der Waals surface area contributed by atoms with Crippen LogP contribution in [0.2, 0.25) is 0 Å². The highest BCUT2D eigenvalue weighted by Gasteiger charge is 2.21. The number of hydrogen-bond donors (Lipinski definition) is 3. The molecule has 0 saturated carbocycles. The molecule has 6 nitrogen and oxygen atoms in total. The van der Waals surface area contributed by atoms with Gasteiger partial charge in [0.25, 0.3) is 0 Å². The highest BCUT2D eigenvalue weighted by molar-refractivity contribution is 7.10. The smallest absolute Gasteiger partial charge is 0.315 e. The van der Waals surface area contributed by atoms with Crippen molar-refractivity contribution in [2.24, 2.45) is 0 Å². The second kappa shape index (κ2) is 6.93. The van der Waals surface area contributed by atoms with E-state index in [9.17, 15) is 4.79 Å². The third-order valence-corrected chi connectivity index (χ3v) is 5.04. The standard InChI is InChI=1S/C15H21N5OS/c1-11(20-6-3-14-12(10-20)4-7-22-14)8-16-15(21)17-9-13-2-5-18-19-13/h2,4-5,7,11H,3,6,8-10H2,1H3,(H,18,19)(H2,16,17,21). The van der Waals surface area contributed by atoms with Crippen molar-refractivity contribution in [3.63, 3.8) is 0 Å². The molecule has 3 rings (SSSR count). The maximum absolute atomic E-state index is 11.8. The Hall–Kier alpha value is -1.86. The van der Waals surface area contributed by atoms with Gasteiger partial charge in [-0.25, -0.2) is 4.79 Å². The highest BCUT2D eigenvalue weighted by Crippen LogP contribution is 2.24. The first-order valence-corrected chi connectivity index (χ1v) is 8.39. The van der Waals surface area contributed by atoms with Crippen LogP contribution in [-0.4, -0.2) is 40.3 Å². The van der Waals surface area contributed by atoms with Crippen LogP contribution in [0.3, 0.4) is 0 Å². The van der Waals surface area contributed by atoms with Crippen molar-refractivity contribution in [2.75, 3.05) is 13.1 Å². The molecule has 1 atom stereocenters. The van der Waals surface area contributed by atoms with Crippen molar-refractivity contribution in [3.05, 3.63) is 39.8 Å². The number of nitrogens with one attached hydrogen (secondary N) is 3. The summed E-state index contributed by atoms with van der Waals surface area (Å²) < 4.78 is 0. The van der Waals surface area contributed by atoms with Gasteiger partial charge in [-0.05, 0) is 36.4 Å². The molecule has 2 aromatic heterocycles. The van der Waals surface area contributed by atoms with Gasteiger partial charge in [-0.15, -0.1) is 11.3 Å². The molecule has 0 aromatic carbocycles. The fourth-order valence-corrected chi connectivity index (χ4v) is 3.53. The van der Waals surface area contributed by atoms with Crippen molar-refractivity contribution in [2.45, 2.75) is 32.5 Å². The van der Waals surface area contributed by atoms with Crippen LogP contribution in [0.4, 0.5) is 4.79 Å². The number of H-pyrrole nitrogens is 1. The van der Waals surface area contributed by atoms with E-state index in [4.69, 9.17) is 0 Å². The zero-order valence-corrected chi connectivity index (χ0v) is 13.4. The lowest BCUT2D eigenvalue weighted by Crippen LogP contribution is -2.46. The first-order chi connectivity index (χ1) is 10.7. The van der Waals surface area contributed by atoms with Gasteiger partial charge in [0.05, 0.1) is 12.2 Å². The van der Waals surface area contributed by atoms with Crippen LogP contribution in [0, 0.1) is 0 Å². The predicted molar refractivity (Wildman–Crippen MR) is 86.7 cm³/mol. The number of amides is 2. The van der Waals surface area contributed by atoms with Crippen molar-refractivity contribution in [3.8, 4) is 0 Å². The summed E-state index contributed by atoms with van der Waals surface area (Å²) in [5.74, 6) is 0. The molecule has 3 N–H and O–H groups in total. The van der Waals surface area contributed by atoms with Gasteiger partial charge in [0.1, 0.15) is 0 Å². The van der Waals surface area contributed by atoms with E-state index in [1.54, 1.807) is 6.20 Å². The number of fused-ring (bicyclic) bond motifs is 1. The summed E-state index contributed by atoms with van der Waals surface area (Å²) in [6.07, 6.45) is 2.79. The lowest BCUT2D eigenvalue weighted by Gasteiger charge is -2.32. The van der Waals surface area contributed by atoms with Crippen molar-refractivity contribution >= 4 is 17.4 Å². The number of urea groups is 1. The topological polar surface area (TPSA) is 73.0 Å². The third kappa shape index (κ3) is 3.66. The van der Waals surface area contributed by atoms with Crippen molar-refractivity contribution in [1.29, 1.82) is 0 Å². The Labute approximate surface area is 133 Å². The van der Waals surface area contributed by atoms with Crippen LogP contribution >= 0.6 is 11.3 Å². The SMILES string of the molecule is CC(CNC(=O)NCc1ccn[nH]1)N1CCc2sccc2C1. The average Bonchev–Trinajstić information content (AvgIpc) is 3.20.